The average molecular weight is 122 g/mol. The molecule has 0 aromatic carbocycles. The zero-order valence-electron chi connectivity index (χ0n) is 4.38. The maximum Gasteiger partial charge on any atom is 0.224 e. The van der Waals surface area contributed by atoms with Gasteiger partial charge in [-0.05, 0) is 6.92 Å². The molecular weight excluding hydrogens is 114 g/mol. The normalized spacial score (nSPS) is 11.7. The number of hydrogen-bond acceptors (Lipinski definition) is 2. The van der Waals surface area contributed by atoms with E-state index in [1.54, 1.807) is 6.92 Å². The Hall–Kier alpha value is -0.0900. The van der Waals surface area contributed by atoms with Gasteiger partial charge in [-0.2, -0.15) is 0 Å². The maximum atomic E-state index is 10.1. The molecule has 4 heteroatoms. The van der Waals surface area contributed by atoms with Gasteiger partial charge in [-0.1, -0.05) is 0 Å². The summed E-state index contributed by atoms with van der Waals surface area (Å²) in [6.45, 7) is 2.03. The van der Waals surface area contributed by atoms with Gasteiger partial charge >= 0.3 is 0 Å². The quantitative estimate of drug-likeness (QED) is 0.499. The minimum absolute atomic E-state index is 0.346. The van der Waals surface area contributed by atoms with E-state index in [1.165, 1.54) is 0 Å². The van der Waals surface area contributed by atoms with E-state index in [1.807, 2.05) is 0 Å². The van der Waals surface area contributed by atoms with Crippen LogP contribution in [0, 0.1) is 0 Å². The standard InChI is InChI=1S/C3H8NO2S/c1-3-4-7(2,5)6/h3H2,1-2H3. The van der Waals surface area contributed by atoms with Crippen molar-refractivity contribution in [2.24, 2.45) is 0 Å². The van der Waals surface area contributed by atoms with Crippen molar-refractivity contribution in [1.29, 1.82) is 0 Å². The van der Waals surface area contributed by atoms with Crippen LogP contribution in [0.2, 0.25) is 0 Å². The Morgan fingerprint density at radius 1 is 1.57 bits per heavy atom. The van der Waals surface area contributed by atoms with Gasteiger partial charge in [-0.15, -0.1) is 4.72 Å². The third-order valence-electron chi connectivity index (χ3n) is 0.364. The SMILES string of the molecule is CC[N]S(C)(=O)=O. The molecule has 0 heterocycles. The largest absolute Gasteiger partial charge is 0.224 e. The van der Waals surface area contributed by atoms with Crippen molar-refractivity contribution in [2.75, 3.05) is 12.8 Å². The summed E-state index contributed by atoms with van der Waals surface area (Å²) in [5.74, 6) is 0. The van der Waals surface area contributed by atoms with E-state index >= 15 is 0 Å². The summed E-state index contributed by atoms with van der Waals surface area (Å²) >= 11 is 0. The Bertz CT molecular complexity index is 126. The molecule has 0 fully saturated rings. The molecule has 0 saturated carbocycles. The smallest absolute Gasteiger partial charge is 0.211 e. The zero-order valence-corrected chi connectivity index (χ0v) is 5.20. The number of hydrogen-bond donors (Lipinski definition) is 0. The van der Waals surface area contributed by atoms with E-state index in [-0.39, 0.29) is 0 Å². The molecule has 7 heavy (non-hydrogen) atoms. The predicted octanol–water partition coefficient (Wildman–Crippen LogP) is -0.430. The Morgan fingerprint density at radius 2 is 2.00 bits per heavy atom. The topological polar surface area (TPSA) is 48.2 Å². The van der Waals surface area contributed by atoms with Gasteiger partial charge in [0.05, 0.1) is 6.26 Å². The second-order valence-corrected chi connectivity index (χ2v) is 2.90. The second-order valence-electron chi connectivity index (χ2n) is 1.18. The lowest BCUT2D eigenvalue weighted by Gasteiger charge is -1.88. The highest BCUT2D eigenvalue weighted by Crippen LogP contribution is 1.72. The van der Waals surface area contributed by atoms with Gasteiger partial charge in [0.25, 0.3) is 0 Å². The fraction of sp³-hybridized carbons (Fsp3) is 1.00. The highest BCUT2D eigenvalue weighted by Gasteiger charge is 1.95. The lowest BCUT2D eigenvalue weighted by atomic mass is 10.8. The molecule has 0 aliphatic carbocycles. The van der Waals surface area contributed by atoms with Crippen LogP contribution in [0.15, 0.2) is 0 Å². The van der Waals surface area contributed by atoms with E-state index in [0.717, 1.165) is 6.26 Å². The van der Waals surface area contributed by atoms with Crippen molar-refractivity contribution in [3.05, 3.63) is 0 Å². The van der Waals surface area contributed by atoms with Gasteiger partial charge in [-0.25, -0.2) is 8.42 Å². The predicted molar refractivity (Wildman–Crippen MR) is 27.5 cm³/mol. The molecule has 0 aliphatic rings. The lowest BCUT2D eigenvalue weighted by molar-refractivity contribution is 0.589. The summed E-state index contributed by atoms with van der Waals surface area (Å²) in [6.07, 6.45) is 1.08. The monoisotopic (exact) mass is 122 g/mol. The number of rotatable bonds is 2. The van der Waals surface area contributed by atoms with Gasteiger partial charge < -0.3 is 0 Å². The van der Waals surface area contributed by atoms with Crippen molar-refractivity contribution >= 4 is 10.0 Å². The minimum Gasteiger partial charge on any atom is -0.211 e. The van der Waals surface area contributed by atoms with Crippen LogP contribution in [-0.4, -0.2) is 21.2 Å². The third kappa shape index (κ3) is 5.91. The first-order valence-electron chi connectivity index (χ1n) is 1.95. The summed E-state index contributed by atoms with van der Waals surface area (Å²) < 4.78 is 23.4. The van der Waals surface area contributed by atoms with Crippen molar-refractivity contribution in [3.63, 3.8) is 0 Å². The highest BCUT2D eigenvalue weighted by molar-refractivity contribution is 7.88. The van der Waals surface area contributed by atoms with Crippen LogP contribution in [-0.2, 0) is 10.0 Å². The molecule has 0 aromatic rings. The molecule has 3 nitrogen and oxygen atoms in total. The molecule has 0 N–H and O–H groups in total. The average Bonchev–Trinajstić information content (AvgIpc) is 1.30. The Kier molecular flexibility index (Phi) is 2.25. The first-order chi connectivity index (χ1) is 3.06. The maximum absolute atomic E-state index is 10.1. The molecule has 0 amide bonds. The summed E-state index contributed by atoms with van der Waals surface area (Å²) in [5.41, 5.74) is 0. The van der Waals surface area contributed by atoms with Crippen LogP contribution in [0.4, 0.5) is 0 Å². The summed E-state index contributed by atoms with van der Waals surface area (Å²) in [7, 11) is -3.05. The molecule has 0 rings (SSSR count). The fourth-order valence-electron chi connectivity index (χ4n) is 0.235. The highest BCUT2D eigenvalue weighted by atomic mass is 32.2. The number of sulfonamides is 1. The molecule has 43 valence electrons. The van der Waals surface area contributed by atoms with E-state index in [0.29, 0.717) is 6.54 Å². The molecule has 0 bridgehead atoms. The van der Waals surface area contributed by atoms with Crippen molar-refractivity contribution in [1.82, 2.24) is 4.72 Å². The van der Waals surface area contributed by atoms with Crippen LogP contribution in [0.25, 0.3) is 0 Å². The van der Waals surface area contributed by atoms with Crippen LogP contribution < -0.4 is 4.72 Å². The van der Waals surface area contributed by atoms with Gasteiger partial charge in [0.2, 0.25) is 10.0 Å². The van der Waals surface area contributed by atoms with Crippen LogP contribution >= 0.6 is 0 Å². The first kappa shape index (κ1) is 6.91. The fourth-order valence-corrected chi connectivity index (χ4v) is 0.704. The van der Waals surface area contributed by atoms with E-state index in [2.05, 4.69) is 4.72 Å². The molecule has 0 aliphatic heterocycles. The van der Waals surface area contributed by atoms with Crippen molar-refractivity contribution in [2.45, 2.75) is 6.92 Å². The minimum atomic E-state index is -3.05. The lowest BCUT2D eigenvalue weighted by Crippen LogP contribution is -2.12. The molecule has 0 spiro atoms. The Balaban J connectivity index is 3.60. The summed E-state index contributed by atoms with van der Waals surface area (Å²) in [6, 6.07) is 0. The molecule has 0 aromatic heterocycles. The number of nitrogens with zero attached hydrogens (tertiary/aromatic N) is 1. The van der Waals surface area contributed by atoms with Gasteiger partial charge in [0.15, 0.2) is 0 Å². The summed E-state index contributed by atoms with van der Waals surface area (Å²) in [5, 5.41) is 0. The van der Waals surface area contributed by atoms with Crippen molar-refractivity contribution < 1.29 is 8.42 Å². The van der Waals surface area contributed by atoms with E-state index in [4.69, 9.17) is 0 Å². The van der Waals surface area contributed by atoms with Crippen LogP contribution in [0.5, 0.6) is 0 Å². The zero-order chi connectivity index (χ0) is 5.91. The molecule has 0 unspecified atom stereocenters. The van der Waals surface area contributed by atoms with E-state index < -0.39 is 10.0 Å². The van der Waals surface area contributed by atoms with Crippen LogP contribution in [0.3, 0.4) is 0 Å². The molecule has 1 radical (unpaired) electrons. The van der Waals surface area contributed by atoms with Gasteiger partial charge in [0.1, 0.15) is 0 Å². The first-order valence-corrected chi connectivity index (χ1v) is 3.80. The Morgan fingerprint density at radius 3 is 2.00 bits per heavy atom. The van der Waals surface area contributed by atoms with Gasteiger partial charge in [0, 0.05) is 6.54 Å². The molecular formula is C3H8NO2S. The van der Waals surface area contributed by atoms with Gasteiger partial charge in [-0.3, -0.25) is 0 Å². The Labute approximate surface area is 43.8 Å². The molecule has 0 atom stereocenters. The summed E-state index contributed by atoms with van der Waals surface area (Å²) in [4.78, 5) is 0. The second kappa shape index (κ2) is 2.28. The van der Waals surface area contributed by atoms with Crippen molar-refractivity contribution in [3.8, 4) is 0 Å². The molecule has 0 saturated heterocycles. The van der Waals surface area contributed by atoms with E-state index in [9.17, 15) is 8.42 Å². The third-order valence-corrected chi connectivity index (χ3v) is 1.09. The van der Waals surface area contributed by atoms with Crippen LogP contribution in [0.1, 0.15) is 6.92 Å².